The first-order valence-corrected chi connectivity index (χ1v) is 4.03. The largest absolute Gasteiger partial charge is 0.374 e. The molecule has 0 aliphatic rings. The van der Waals surface area contributed by atoms with Crippen molar-refractivity contribution in [2.45, 2.75) is 0 Å². The number of rotatable bonds is 1. The molecule has 0 saturated heterocycles. The van der Waals surface area contributed by atoms with Crippen molar-refractivity contribution in [1.82, 2.24) is 20.2 Å². The van der Waals surface area contributed by atoms with Gasteiger partial charge < -0.3 is 5.73 Å². The molecule has 2 aromatic heterocycles. The second kappa shape index (κ2) is 2.82. The maximum atomic E-state index is 5.41. The van der Waals surface area contributed by atoms with Crippen LogP contribution in [0, 0.1) is 0 Å². The number of nitrogens with zero attached hydrogens (tertiary/aromatic N) is 4. The first kappa shape index (κ1) is 7.11. The van der Waals surface area contributed by atoms with Gasteiger partial charge in [0.25, 0.3) is 0 Å². The summed E-state index contributed by atoms with van der Waals surface area (Å²) < 4.78 is 0. The van der Waals surface area contributed by atoms with Crippen molar-refractivity contribution in [2.24, 2.45) is 0 Å². The Balaban J connectivity index is 2.45. The Morgan fingerprint density at radius 3 is 2.75 bits per heavy atom. The molecule has 2 aromatic rings. The molecule has 2 heterocycles. The topological polar surface area (TPSA) is 77.6 Å². The summed E-state index contributed by atoms with van der Waals surface area (Å²) in [7, 11) is 0. The molecule has 60 valence electrons. The first-order chi connectivity index (χ1) is 5.86. The van der Waals surface area contributed by atoms with Crippen LogP contribution >= 0.6 is 11.3 Å². The molecule has 0 aliphatic heterocycles. The van der Waals surface area contributed by atoms with E-state index in [2.05, 4.69) is 20.2 Å². The highest BCUT2D eigenvalue weighted by Crippen LogP contribution is 2.20. The number of hydrogen-bond acceptors (Lipinski definition) is 6. The van der Waals surface area contributed by atoms with Gasteiger partial charge in [-0.05, 0) is 0 Å². The lowest BCUT2D eigenvalue weighted by atomic mass is 10.5. The number of hydrogen-bond donors (Lipinski definition) is 1. The molecule has 0 atom stereocenters. The first-order valence-electron chi connectivity index (χ1n) is 3.21. The molecular formula is C6H5N5S. The maximum Gasteiger partial charge on any atom is 0.203 e. The van der Waals surface area contributed by atoms with Crippen LogP contribution in [-0.2, 0) is 0 Å². The van der Waals surface area contributed by atoms with E-state index in [9.17, 15) is 0 Å². The molecular weight excluding hydrogens is 174 g/mol. The third-order valence-corrected chi connectivity index (χ3v) is 2.00. The maximum absolute atomic E-state index is 5.41. The van der Waals surface area contributed by atoms with E-state index >= 15 is 0 Å². The van der Waals surface area contributed by atoms with E-state index in [-0.39, 0.29) is 0 Å². The van der Waals surface area contributed by atoms with Crippen molar-refractivity contribution in [2.75, 3.05) is 5.73 Å². The second-order valence-corrected chi connectivity index (χ2v) is 3.05. The van der Waals surface area contributed by atoms with Gasteiger partial charge in [-0.15, -0.1) is 10.2 Å². The van der Waals surface area contributed by atoms with Gasteiger partial charge in [0.1, 0.15) is 5.69 Å². The van der Waals surface area contributed by atoms with Gasteiger partial charge in [-0.3, -0.25) is 9.97 Å². The predicted octanol–water partition coefficient (Wildman–Crippen LogP) is 0.577. The predicted molar refractivity (Wildman–Crippen MR) is 45.3 cm³/mol. The molecule has 2 N–H and O–H groups in total. The minimum absolute atomic E-state index is 0.440. The van der Waals surface area contributed by atoms with E-state index in [1.165, 1.54) is 11.3 Å². The molecule has 0 spiro atoms. The molecule has 2 rings (SSSR count). The van der Waals surface area contributed by atoms with Crippen molar-refractivity contribution in [1.29, 1.82) is 0 Å². The van der Waals surface area contributed by atoms with Gasteiger partial charge in [-0.1, -0.05) is 11.3 Å². The summed E-state index contributed by atoms with van der Waals surface area (Å²) in [6, 6.07) is 0. The van der Waals surface area contributed by atoms with Crippen molar-refractivity contribution in [3.05, 3.63) is 18.6 Å². The van der Waals surface area contributed by atoms with E-state index < -0.39 is 0 Å². The highest BCUT2D eigenvalue weighted by molar-refractivity contribution is 7.18. The van der Waals surface area contributed by atoms with Crippen molar-refractivity contribution in [3.63, 3.8) is 0 Å². The molecule has 0 aliphatic carbocycles. The van der Waals surface area contributed by atoms with Crippen LogP contribution in [0.25, 0.3) is 10.7 Å². The third-order valence-electron chi connectivity index (χ3n) is 1.22. The van der Waals surface area contributed by atoms with Gasteiger partial charge in [-0.25, -0.2) is 0 Å². The second-order valence-electron chi connectivity index (χ2n) is 2.04. The smallest absolute Gasteiger partial charge is 0.203 e. The fourth-order valence-electron chi connectivity index (χ4n) is 0.748. The minimum Gasteiger partial charge on any atom is -0.374 e. The van der Waals surface area contributed by atoms with Crippen molar-refractivity contribution >= 4 is 16.5 Å². The van der Waals surface area contributed by atoms with Crippen molar-refractivity contribution in [3.8, 4) is 10.7 Å². The molecule has 0 radical (unpaired) electrons. The summed E-state index contributed by atoms with van der Waals surface area (Å²) in [5, 5.41) is 8.63. The number of nitrogens with two attached hydrogens (primary N) is 1. The van der Waals surface area contributed by atoms with Gasteiger partial charge in [0, 0.05) is 12.4 Å². The average molecular weight is 179 g/mol. The lowest BCUT2D eigenvalue weighted by Gasteiger charge is -1.88. The molecule has 0 bridgehead atoms. The van der Waals surface area contributed by atoms with Crippen LogP contribution in [-0.4, -0.2) is 20.2 Å². The Hall–Kier alpha value is -1.56. The van der Waals surface area contributed by atoms with Gasteiger partial charge in [-0.2, -0.15) is 0 Å². The Morgan fingerprint density at radius 2 is 2.17 bits per heavy atom. The summed E-state index contributed by atoms with van der Waals surface area (Å²) in [5.74, 6) is 0. The Morgan fingerprint density at radius 1 is 1.25 bits per heavy atom. The molecule has 5 nitrogen and oxygen atoms in total. The fraction of sp³-hybridized carbons (Fsp3) is 0. The molecule has 0 saturated carbocycles. The van der Waals surface area contributed by atoms with Crippen LogP contribution in [0.3, 0.4) is 0 Å². The van der Waals surface area contributed by atoms with Gasteiger partial charge in [0.05, 0.1) is 6.20 Å². The zero-order chi connectivity index (χ0) is 8.39. The lowest BCUT2D eigenvalue weighted by molar-refractivity contribution is 1.08. The standard InChI is InChI=1S/C6H5N5S/c7-6-11-10-5(12-6)4-3-8-1-2-9-4/h1-3H,(H2,7,11). The molecule has 12 heavy (non-hydrogen) atoms. The van der Waals surface area contributed by atoms with Gasteiger partial charge >= 0.3 is 0 Å². The highest BCUT2D eigenvalue weighted by atomic mass is 32.1. The quantitative estimate of drug-likeness (QED) is 0.692. The summed E-state index contributed by atoms with van der Waals surface area (Å²) in [4.78, 5) is 7.96. The van der Waals surface area contributed by atoms with E-state index in [0.29, 0.717) is 15.8 Å². The number of nitrogen functional groups attached to an aromatic ring is 1. The van der Waals surface area contributed by atoms with Crippen LogP contribution in [0.1, 0.15) is 0 Å². The summed E-state index contributed by atoms with van der Waals surface area (Å²) >= 11 is 1.29. The molecule has 0 aromatic carbocycles. The summed E-state index contributed by atoms with van der Waals surface area (Å²) in [6.07, 6.45) is 4.83. The zero-order valence-electron chi connectivity index (χ0n) is 6.01. The zero-order valence-corrected chi connectivity index (χ0v) is 6.82. The van der Waals surface area contributed by atoms with Gasteiger partial charge in [0.15, 0.2) is 5.01 Å². The van der Waals surface area contributed by atoms with E-state index in [4.69, 9.17) is 5.73 Å². The van der Waals surface area contributed by atoms with E-state index in [1.54, 1.807) is 18.6 Å². The molecule has 0 unspecified atom stereocenters. The van der Waals surface area contributed by atoms with E-state index in [0.717, 1.165) is 0 Å². The minimum atomic E-state index is 0.440. The normalized spacial score (nSPS) is 10.0. The average Bonchev–Trinajstić information content (AvgIpc) is 2.54. The number of aromatic nitrogens is 4. The van der Waals surface area contributed by atoms with Crippen LogP contribution in [0.2, 0.25) is 0 Å². The van der Waals surface area contributed by atoms with Crippen LogP contribution < -0.4 is 5.73 Å². The number of anilines is 1. The summed E-state index contributed by atoms with van der Waals surface area (Å²) in [5.41, 5.74) is 6.11. The third kappa shape index (κ3) is 1.24. The van der Waals surface area contributed by atoms with E-state index in [1.807, 2.05) is 0 Å². The van der Waals surface area contributed by atoms with Gasteiger partial charge in [0.2, 0.25) is 5.13 Å². The highest BCUT2D eigenvalue weighted by Gasteiger charge is 2.04. The fourth-order valence-corrected chi connectivity index (χ4v) is 1.32. The Bertz CT molecular complexity index is 370. The van der Waals surface area contributed by atoms with Crippen LogP contribution in [0.5, 0.6) is 0 Å². The Labute approximate surface area is 72.3 Å². The van der Waals surface area contributed by atoms with Crippen LogP contribution in [0.4, 0.5) is 5.13 Å². The monoisotopic (exact) mass is 179 g/mol. The van der Waals surface area contributed by atoms with Crippen LogP contribution in [0.15, 0.2) is 18.6 Å². The summed E-state index contributed by atoms with van der Waals surface area (Å²) in [6.45, 7) is 0. The Kier molecular flexibility index (Phi) is 1.67. The molecule has 6 heteroatoms. The van der Waals surface area contributed by atoms with Crippen molar-refractivity contribution < 1.29 is 0 Å². The molecule has 0 amide bonds. The lowest BCUT2D eigenvalue weighted by Crippen LogP contribution is -1.82. The molecule has 0 fully saturated rings. The SMILES string of the molecule is Nc1nnc(-c2cnccn2)s1.